The number of halogens is 1. The number of thiazole rings is 1. The van der Waals surface area contributed by atoms with Crippen molar-refractivity contribution in [2.75, 3.05) is 33.8 Å². The highest BCUT2D eigenvalue weighted by Crippen LogP contribution is 2.31. The third kappa shape index (κ3) is 6.05. The maximum absolute atomic E-state index is 5.62. The molecule has 1 aromatic carbocycles. The molecule has 1 saturated heterocycles. The Balaban J connectivity index is 0.00000280. The average Bonchev–Trinajstić information content (AvgIpc) is 3.36. The van der Waals surface area contributed by atoms with E-state index in [4.69, 9.17) is 4.74 Å². The molecule has 0 saturated carbocycles. The van der Waals surface area contributed by atoms with Crippen LogP contribution in [0.3, 0.4) is 0 Å². The zero-order valence-electron chi connectivity index (χ0n) is 16.8. The summed E-state index contributed by atoms with van der Waals surface area (Å²) in [6.07, 6.45) is 4.43. The van der Waals surface area contributed by atoms with E-state index in [1.54, 1.807) is 25.5 Å². The molecule has 1 atom stereocenters. The van der Waals surface area contributed by atoms with E-state index in [2.05, 4.69) is 37.6 Å². The number of hydrogen-bond acceptors (Lipinski definition) is 5. The number of aryl methyl sites for hydroxylation is 1. The van der Waals surface area contributed by atoms with Crippen LogP contribution in [0, 0.1) is 6.92 Å². The fourth-order valence-corrected chi connectivity index (χ4v) is 4.24. The van der Waals surface area contributed by atoms with Crippen LogP contribution in [0.4, 0.5) is 0 Å². The number of nitrogens with zero attached hydrogens (tertiary/aromatic N) is 3. The second-order valence-electron chi connectivity index (χ2n) is 6.65. The Morgan fingerprint density at radius 2 is 2.04 bits per heavy atom. The molecule has 1 aromatic heterocycles. The largest absolute Gasteiger partial charge is 0.496 e. The second kappa shape index (κ2) is 11.6. The zero-order valence-corrected chi connectivity index (χ0v) is 19.9. The van der Waals surface area contributed by atoms with Gasteiger partial charge < -0.3 is 15.4 Å². The summed E-state index contributed by atoms with van der Waals surface area (Å²) in [7, 11) is 3.55. The fraction of sp³-hybridized carbons (Fsp3) is 0.500. The van der Waals surface area contributed by atoms with Crippen molar-refractivity contribution in [2.45, 2.75) is 32.4 Å². The van der Waals surface area contributed by atoms with Crippen LogP contribution >= 0.6 is 35.3 Å². The maximum atomic E-state index is 5.62. The van der Waals surface area contributed by atoms with Crippen LogP contribution in [0.15, 0.2) is 35.5 Å². The third-order valence-corrected chi connectivity index (χ3v) is 5.78. The van der Waals surface area contributed by atoms with E-state index < -0.39 is 0 Å². The number of benzene rings is 1. The van der Waals surface area contributed by atoms with Crippen LogP contribution in [0.2, 0.25) is 0 Å². The summed E-state index contributed by atoms with van der Waals surface area (Å²) in [4.78, 5) is 12.4. The Morgan fingerprint density at radius 1 is 1.29 bits per heavy atom. The molecule has 8 heteroatoms. The highest BCUT2D eigenvalue weighted by molar-refractivity contribution is 14.0. The standard InChI is InChI=1S/C20H29N5OS.HI/c1-15-22-12-16(27-15)13-23-20(21-2)24-14-18(25-10-6-7-11-25)17-8-4-5-9-19(17)26-3;/h4-5,8-9,12,18H,6-7,10-11,13-14H2,1-3H3,(H2,21,23,24);1H. The van der Waals surface area contributed by atoms with Crippen molar-refractivity contribution in [1.29, 1.82) is 0 Å². The lowest BCUT2D eigenvalue weighted by atomic mass is 10.0. The summed E-state index contributed by atoms with van der Waals surface area (Å²) < 4.78 is 5.62. The number of aromatic nitrogens is 1. The van der Waals surface area contributed by atoms with Gasteiger partial charge >= 0.3 is 0 Å². The molecule has 2 N–H and O–H groups in total. The van der Waals surface area contributed by atoms with Crippen LogP contribution in [0.5, 0.6) is 5.75 Å². The number of likely N-dealkylation sites (tertiary alicyclic amines) is 1. The van der Waals surface area contributed by atoms with Gasteiger partial charge in [0.05, 0.1) is 24.7 Å². The lowest BCUT2D eigenvalue weighted by Gasteiger charge is -2.30. The molecule has 0 spiro atoms. The van der Waals surface area contributed by atoms with Gasteiger partial charge in [-0.3, -0.25) is 9.89 Å². The topological polar surface area (TPSA) is 61.8 Å². The lowest BCUT2D eigenvalue weighted by molar-refractivity contribution is 0.239. The Hall–Kier alpha value is -1.39. The van der Waals surface area contributed by atoms with Gasteiger partial charge in [0.2, 0.25) is 0 Å². The Bertz CT molecular complexity index is 761. The van der Waals surface area contributed by atoms with Gasteiger partial charge in [0.15, 0.2) is 5.96 Å². The molecular formula is C20H30IN5OS. The van der Waals surface area contributed by atoms with E-state index >= 15 is 0 Å². The number of methoxy groups -OCH3 is 1. The molecule has 2 heterocycles. The first-order valence-corrected chi connectivity index (χ1v) is 10.3. The number of aliphatic imine (C=N–C) groups is 1. The minimum Gasteiger partial charge on any atom is -0.496 e. The van der Waals surface area contributed by atoms with E-state index in [0.717, 1.165) is 42.9 Å². The van der Waals surface area contributed by atoms with Gasteiger partial charge in [-0.1, -0.05) is 18.2 Å². The smallest absolute Gasteiger partial charge is 0.191 e. The maximum Gasteiger partial charge on any atom is 0.191 e. The Labute approximate surface area is 188 Å². The van der Waals surface area contributed by atoms with E-state index in [1.807, 2.05) is 25.3 Å². The summed E-state index contributed by atoms with van der Waals surface area (Å²) in [5, 5.41) is 7.97. The van der Waals surface area contributed by atoms with Gasteiger partial charge in [0, 0.05) is 30.2 Å². The average molecular weight is 515 g/mol. The molecule has 0 bridgehead atoms. The molecule has 1 aliphatic rings. The van der Waals surface area contributed by atoms with Crippen molar-refractivity contribution in [3.05, 3.63) is 45.9 Å². The first-order chi connectivity index (χ1) is 13.2. The molecular weight excluding hydrogens is 485 g/mol. The summed E-state index contributed by atoms with van der Waals surface area (Å²) in [5.74, 6) is 1.75. The van der Waals surface area contributed by atoms with Crippen molar-refractivity contribution in [1.82, 2.24) is 20.5 Å². The predicted molar refractivity (Wildman–Crippen MR) is 127 cm³/mol. The molecule has 28 heavy (non-hydrogen) atoms. The molecule has 154 valence electrons. The normalized spacial score (nSPS) is 15.8. The molecule has 1 aliphatic heterocycles. The van der Waals surface area contributed by atoms with E-state index in [9.17, 15) is 0 Å². The number of ether oxygens (including phenoxy) is 1. The van der Waals surface area contributed by atoms with Gasteiger partial charge in [-0.05, 0) is 38.9 Å². The van der Waals surface area contributed by atoms with Gasteiger partial charge in [0.25, 0.3) is 0 Å². The van der Waals surface area contributed by atoms with Gasteiger partial charge in [-0.25, -0.2) is 4.98 Å². The van der Waals surface area contributed by atoms with Crippen molar-refractivity contribution in [2.24, 2.45) is 4.99 Å². The van der Waals surface area contributed by atoms with Gasteiger partial charge in [-0.2, -0.15) is 0 Å². The molecule has 0 aliphatic carbocycles. The Morgan fingerprint density at radius 3 is 2.68 bits per heavy atom. The van der Waals surface area contributed by atoms with Gasteiger partial charge in [-0.15, -0.1) is 35.3 Å². The minimum absolute atomic E-state index is 0. The summed E-state index contributed by atoms with van der Waals surface area (Å²) >= 11 is 1.71. The zero-order chi connectivity index (χ0) is 19.1. The molecule has 3 rings (SSSR count). The fourth-order valence-electron chi connectivity index (χ4n) is 3.50. The number of hydrogen-bond donors (Lipinski definition) is 2. The van der Waals surface area contributed by atoms with Crippen molar-refractivity contribution in [3.8, 4) is 5.75 Å². The predicted octanol–water partition coefficient (Wildman–Crippen LogP) is 3.58. The molecule has 2 aromatic rings. The molecule has 0 radical (unpaired) electrons. The number of para-hydroxylation sites is 1. The number of rotatable bonds is 7. The molecule has 1 fully saturated rings. The van der Waals surface area contributed by atoms with Gasteiger partial charge in [0.1, 0.15) is 5.75 Å². The monoisotopic (exact) mass is 515 g/mol. The number of guanidine groups is 1. The molecule has 1 unspecified atom stereocenters. The highest BCUT2D eigenvalue weighted by Gasteiger charge is 2.26. The van der Waals surface area contributed by atoms with Crippen LogP contribution in [-0.2, 0) is 6.54 Å². The van der Waals surface area contributed by atoms with E-state index in [0.29, 0.717) is 0 Å². The second-order valence-corrected chi connectivity index (χ2v) is 7.97. The third-order valence-electron chi connectivity index (χ3n) is 4.87. The first-order valence-electron chi connectivity index (χ1n) is 9.44. The van der Waals surface area contributed by atoms with Crippen molar-refractivity contribution < 1.29 is 4.74 Å². The van der Waals surface area contributed by atoms with E-state index in [-0.39, 0.29) is 30.0 Å². The van der Waals surface area contributed by atoms with Crippen LogP contribution in [-0.4, -0.2) is 49.6 Å². The first kappa shape index (κ1) is 22.9. The van der Waals surface area contributed by atoms with Crippen molar-refractivity contribution >= 4 is 41.3 Å². The van der Waals surface area contributed by atoms with E-state index in [1.165, 1.54) is 23.3 Å². The van der Waals surface area contributed by atoms with Crippen molar-refractivity contribution in [3.63, 3.8) is 0 Å². The Kier molecular flexibility index (Phi) is 9.46. The molecule has 6 nitrogen and oxygen atoms in total. The SMILES string of the molecule is CN=C(NCc1cnc(C)s1)NCC(c1ccccc1OC)N1CCCC1.I. The highest BCUT2D eigenvalue weighted by atomic mass is 127. The number of nitrogens with one attached hydrogen (secondary N) is 2. The summed E-state index contributed by atoms with van der Waals surface area (Å²) in [6, 6.07) is 8.57. The molecule has 0 amide bonds. The lowest BCUT2D eigenvalue weighted by Crippen LogP contribution is -2.42. The summed E-state index contributed by atoms with van der Waals surface area (Å²) in [6.45, 7) is 5.78. The summed E-state index contributed by atoms with van der Waals surface area (Å²) in [5.41, 5.74) is 1.22. The minimum atomic E-state index is 0. The quantitative estimate of drug-likeness (QED) is 0.336. The van der Waals surface area contributed by atoms with Crippen LogP contribution in [0.25, 0.3) is 0 Å². The van der Waals surface area contributed by atoms with Crippen LogP contribution in [0.1, 0.15) is 34.3 Å². The van der Waals surface area contributed by atoms with Crippen LogP contribution < -0.4 is 15.4 Å².